The standard InChI is InChI=1S/C9H10ClNO2/c1-12-7-3-2-5-6(11)4-13-9(5)8(7)10/h2-3,6H,4,11H2,1H3. The summed E-state index contributed by atoms with van der Waals surface area (Å²) in [4.78, 5) is 0. The number of hydrogen-bond donors (Lipinski definition) is 1. The third-order valence-corrected chi connectivity index (χ3v) is 2.48. The Labute approximate surface area is 81.4 Å². The summed E-state index contributed by atoms with van der Waals surface area (Å²) in [7, 11) is 1.57. The van der Waals surface area contributed by atoms with E-state index in [2.05, 4.69) is 0 Å². The van der Waals surface area contributed by atoms with E-state index < -0.39 is 0 Å². The molecule has 1 aromatic rings. The molecule has 1 unspecified atom stereocenters. The molecular weight excluding hydrogens is 190 g/mol. The Hall–Kier alpha value is -0.930. The molecule has 0 radical (unpaired) electrons. The first-order valence-corrected chi connectivity index (χ1v) is 4.36. The van der Waals surface area contributed by atoms with Crippen LogP contribution in [0.5, 0.6) is 11.5 Å². The number of ether oxygens (including phenoxy) is 2. The molecule has 0 fully saturated rings. The topological polar surface area (TPSA) is 44.5 Å². The summed E-state index contributed by atoms with van der Waals surface area (Å²) in [6, 6.07) is 3.62. The molecule has 2 N–H and O–H groups in total. The summed E-state index contributed by atoms with van der Waals surface area (Å²) < 4.78 is 10.4. The summed E-state index contributed by atoms with van der Waals surface area (Å²) in [5.74, 6) is 1.28. The Morgan fingerprint density at radius 3 is 3.08 bits per heavy atom. The second-order valence-corrected chi connectivity index (χ2v) is 3.30. The van der Waals surface area contributed by atoms with Crippen molar-refractivity contribution in [1.29, 1.82) is 0 Å². The minimum absolute atomic E-state index is 0.0709. The number of rotatable bonds is 1. The zero-order valence-corrected chi connectivity index (χ0v) is 7.97. The summed E-state index contributed by atoms with van der Waals surface area (Å²) in [5.41, 5.74) is 6.73. The van der Waals surface area contributed by atoms with E-state index in [1.165, 1.54) is 0 Å². The van der Waals surface area contributed by atoms with E-state index in [1.807, 2.05) is 6.07 Å². The van der Waals surface area contributed by atoms with Gasteiger partial charge < -0.3 is 15.2 Å². The van der Waals surface area contributed by atoms with Crippen molar-refractivity contribution in [2.75, 3.05) is 13.7 Å². The van der Waals surface area contributed by atoms with Gasteiger partial charge in [0.15, 0.2) is 0 Å². The highest BCUT2D eigenvalue weighted by molar-refractivity contribution is 6.33. The van der Waals surface area contributed by atoms with Crippen molar-refractivity contribution < 1.29 is 9.47 Å². The molecule has 3 nitrogen and oxygen atoms in total. The van der Waals surface area contributed by atoms with Gasteiger partial charge in [0.05, 0.1) is 13.2 Å². The van der Waals surface area contributed by atoms with Crippen LogP contribution in [0.25, 0.3) is 0 Å². The molecule has 0 saturated carbocycles. The Kier molecular flexibility index (Phi) is 2.06. The molecule has 70 valence electrons. The molecular formula is C9H10ClNO2. The van der Waals surface area contributed by atoms with E-state index >= 15 is 0 Å². The molecule has 0 aliphatic carbocycles. The predicted molar refractivity (Wildman–Crippen MR) is 50.4 cm³/mol. The third-order valence-electron chi connectivity index (χ3n) is 2.12. The van der Waals surface area contributed by atoms with E-state index in [0.717, 1.165) is 5.56 Å². The molecule has 0 aromatic heterocycles. The van der Waals surface area contributed by atoms with Crippen molar-refractivity contribution >= 4 is 11.6 Å². The summed E-state index contributed by atoms with van der Waals surface area (Å²) >= 11 is 6.01. The predicted octanol–water partition coefficient (Wildman–Crippen LogP) is 1.74. The molecule has 1 aliphatic heterocycles. The molecule has 1 aromatic carbocycles. The van der Waals surface area contributed by atoms with Crippen LogP contribution in [0.15, 0.2) is 12.1 Å². The molecule has 0 spiro atoms. The van der Waals surface area contributed by atoms with Gasteiger partial charge in [0.25, 0.3) is 0 Å². The fraction of sp³-hybridized carbons (Fsp3) is 0.333. The molecule has 0 bridgehead atoms. The third kappa shape index (κ3) is 1.24. The average molecular weight is 200 g/mol. The number of hydrogen-bond acceptors (Lipinski definition) is 3. The lowest BCUT2D eigenvalue weighted by Crippen LogP contribution is -2.10. The molecule has 13 heavy (non-hydrogen) atoms. The summed E-state index contributed by atoms with van der Waals surface area (Å²) in [6.45, 7) is 0.488. The highest BCUT2D eigenvalue weighted by Gasteiger charge is 2.24. The van der Waals surface area contributed by atoms with Gasteiger partial charge in [0.1, 0.15) is 23.1 Å². The van der Waals surface area contributed by atoms with Gasteiger partial charge in [-0.05, 0) is 12.1 Å². The lowest BCUT2D eigenvalue weighted by atomic mass is 10.1. The minimum Gasteiger partial charge on any atom is -0.495 e. The van der Waals surface area contributed by atoms with Gasteiger partial charge in [-0.25, -0.2) is 0 Å². The van der Waals surface area contributed by atoms with E-state index in [0.29, 0.717) is 23.1 Å². The highest BCUT2D eigenvalue weighted by Crippen LogP contribution is 2.42. The maximum absolute atomic E-state index is 6.01. The molecule has 4 heteroatoms. The fourth-order valence-electron chi connectivity index (χ4n) is 1.41. The highest BCUT2D eigenvalue weighted by atomic mass is 35.5. The minimum atomic E-state index is -0.0709. The Morgan fingerprint density at radius 1 is 1.62 bits per heavy atom. The molecule has 1 heterocycles. The van der Waals surface area contributed by atoms with Gasteiger partial charge in [0, 0.05) is 5.56 Å². The van der Waals surface area contributed by atoms with Crippen LogP contribution in [0.2, 0.25) is 5.02 Å². The number of benzene rings is 1. The van der Waals surface area contributed by atoms with Crippen molar-refractivity contribution in [1.82, 2.24) is 0 Å². The van der Waals surface area contributed by atoms with Crippen LogP contribution < -0.4 is 15.2 Å². The van der Waals surface area contributed by atoms with Crippen LogP contribution in [0.4, 0.5) is 0 Å². The van der Waals surface area contributed by atoms with Crippen molar-refractivity contribution in [3.8, 4) is 11.5 Å². The Bertz CT molecular complexity index is 341. The normalized spacial score (nSPS) is 19.5. The van der Waals surface area contributed by atoms with E-state index in [-0.39, 0.29) is 6.04 Å². The van der Waals surface area contributed by atoms with Crippen LogP contribution in [-0.2, 0) is 0 Å². The zero-order valence-electron chi connectivity index (χ0n) is 7.21. The first-order chi connectivity index (χ1) is 6.24. The maximum atomic E-state index is 6.01. The largest absolute Gasteiger partial charge is 0.495 e. The van der Waals surface area contributed by atoms with Crippen LogP contribution in [0, 0.1) is 0 Å². The van der Waals surface area contributed by atoms with Crippen LogP contribution in [-0.4, -0.2) is 13.7 Å². The van der Waals surface area contributed by atoms with E-state index in [9.17, 15) is 0 Å². The van der Waals surface area contributed by atoms with Crippen LogP contribution in [0.3, 0.4) is 0 Å². The fourth-order valence-corrected chi connectivity index (χ4v) is 1.72. The number of nitrogens with two attached hydrogens (primary N) is 1. The second-order valence-electron chi connectivity index (χ2n) is 2.92. The quantitative estimate of drug-likeness (QED) is 0.750. The number of halogens is 1. The van der Waals surface area contributed by atoms with Crippen LogP contribution in [0.1, 0.15) is 11.6 Å². The second kappa shape index (κ2) is 3.09. The maximum Gasteiger partial charge on any atom is 0.146 e. The summed E-state index contributed by atoms with van der Waals surface area (Å²) in [5, 5.41) is 0.507. The van der Waals surface area contributed by atoms with Gasteiger partial charge in [0.2, 0.25) is 0 Å². The SMILES string of the molecule is COc1ccc2c(c1Cl)OCC2N. The van der Waals surface area contributed by atoms with Gasteiger partial charge in [-0.15, -0.1) is 0 Å². The Morgan fingerprint density at radius 2 is 2.38 bits per heavy atom. The van der Waals surface area contributed by atoms with Crippen molar-refractivity contribution in [3.05, 3.63) is 22.7 Å². The number of fused-ring (bicyclic) bond motifs is 1. The molecule has 0 amide bonds. The monoisotopic (exact) mass is 199 g/mol. The molecule has 0 saturated heterocycles. The smallest absolute Gasteiger partial charge is 0.146 e. The van der Waals surface area contributed by atoms with E-state index in [4.69, 9.17) is 26.8 Å². The molecule has 2 rings (SSSR count). The lowest BCUT2D eigenvalue weighted by Gasteiger charge is -2.06. The van der Waals surface area contributed by atoms with Crippen molar-refractivity contribution in [2.24, 2.45) is 5.73 Å². The molecule has 1 aliphatic rings. The van der Waals surface area contributed by atoms with Gasteiger partial charge in [-0.3, -0.25) is 0 Å². The first kappa shape index (κ1) is 8.66. The van der Waals surface area contributed by atoms with Gasteiger partial charge in [-0.1, -0.05) is 11.6 Å². The van der Waals surface area contributed by atoms with Gasteiger partial charge >= 0.3 is 0 Å². The van der Waals surface area contributed by atoms with Crippen molar-refractivity contribution in [3.63, 3.8) is 0 Å². The number of methoxy groups -OCH3 is 1. The lowest BCUT2D eigenvalue weighted by molar-refractivity contribution is 0.331. The molecule has 1 atom stereocenters. The van der Waals surface area contributed by atoms with Gasteiger partial charge in [-0.2, -0.15) is 0 Å². The van der Waals surface area contributed by atoms with E-state index in [1.54, 1.807) is 13.2 Å². The zero-order chi connectivity index (χ0) is 9.42. The Balaban J connectivity index is 2.54. The van der Waals surface area contributed by atoms with Crippen molar-refractivity contribution in [2.45, 2.75) is 6.04 Å². The van der Waals surface area contributed by atoms with Crippen LogP contribution >= 0.6 is 11.6 Å². The average Bonchev–Trinajstić information content (AvgIpc) is 2.50. The first-order valence-electron chi connectivity index (χ1n) is 3.99. The summed E-state index contributed by atoms with van der Waals surface area (Å²) in [6.07, 6.45) is 0.